The molecular formula is C12H13ClF3NOS. The number of rotatable bonds is 4. The highest BCUT2D eigenvalue weighted by Gasteiger charge is 2.33. The van der Waals surface area contributed by atoms with Gasteiger partial charge in [-0.1, -0.05) is 11.6 Å². The molecule has 0 aliphatic rings. The summed E-state index contributed by atoms with van der Waals surface area (Å²) in [5.41, 5.74) is 0.0969. The van der Waals surface area contributed by atoms with Crippen LogP contribution in [0, 0.1) is 0 Å². The highest BCUT2D eigenvalue weighted by Crippen LogP contribution is 2.25. The largest absolute Gasteiger partial charge is 0.406 e. The molecule has 1 aromatic rings. The van der Waals surface area contributed by atoms with Crippen molar-refractivity contribution in [1.29, 1.82) is 0 Å². The third-order valence-electron chi connectivity index (χ3n) is 2.44. The summed E-state index contributed by atoms with van der Waals surface area (Å²) >= 11 is 7.27. The molecule has 0 aliphatic carbocycles. The molecule has 19 heavy (non-hydrogen) atoms. The van der Waals surface area contributed by atoms with Crippen LogP contribution in [0.3, 0.4) is 0 Å². The van der Waals surface area contributed by atoms with Crippen molar-refractivity contribution in [3.8, 4) is 0 Å². The van der Waals surface area contributed by atoms with Gasteiger partial charge in [0.1, 0.15) is 6.54 Å². The summed E-state index contributed by atoms with van der Waals surface area (Å²) in [5.74, 6) is -0.708. The van der Waals surface area contributed by atoms with E-state index in [2.05, 4.69) is 0 Å². The molecule has 0 atom stereocenters. The Hall–Kier alpha value is -0.880. The van der Waals surface area contributed by atoms with Crippen LogP contribution in [0.4, 0.5) is 13.2 Å². The van der Waals surface area contributed by atoms with Gasteiger partial charge in [0, 0.05) is 11.4 Å². The highest BCUT2D eigenvalue weighted by atomic mass is 35.5. The van der Waals surface area contributed by atoms with Gasteiger partial charge in [-0.2, -0.15) is 13.2 Å². The zero-order valence-corrected chi connectivity index (χ0v) is 12.0. The molecule has 0 bridgehead atoms. The number of hydrogen-bond acceptors (Lipinski definition) is 2. The van der Waals surface area contributed by atoms with Gasteiger partial charge < -0.3 is 4.90 Å². The molecule has 1 amide bonds. The van der Waals surface area contributed by atoms with Gasteiger partial charge in [0.05, 0.1) is 10.6 Å². The van der Waals surface area contributed by atoms with Gasteiger partial charge in [0.15, 0.2) is 0 Å². The predicted octanol–water partition coefficient (Wildman–Crippen LogP) is 4.09. The molecule has 0 fully saturated rings. The lowest BCUT2D eigenvalue weighted by Gasteiger charge is -2.23. The molecule has 106 valence electrons. The van der Waals surface area contributed by atoms with Crippen LogP contribution < -0.4 is 0 Å². The van der Waals surface area contributed by atoms with E-state index in [0.717, 1.165) is 9.80 Å². The Morgan fingerprint density at radius 2 is 2.05 bits per heavy atom. The lowest BCUT2D eigenvalue weighted by Crippen LogP contribution is -2.38. The molecule has 2 nitrogen and oxygen atoms in total. The molecule has 1 rings (SSSR count). The predicted molar refractivity (Wildman–Crippen MR) is 70.9 cm³/mol. The molecule has 0 radical (unpaired) electrons. The van der Waals surface area contributed by atoms with Crippen LogP contribution >= 0.6 is 23.4 Å². The lowest BCUT2D eigenvalue weighted by molar-refractivity contribution is -0.140. The Morgan fingerprint density at radius 1 is 1.42 bits per heavy atom. The summed E-state index contributed by atoms with van der Waals surface area (Å²) < 4.78 is 37.2. The van der Waals surface area contributed by atoms with E-state index in [1.165, 1.54) is 30.8 Å². The highest BCUT2D eigenvalue weighted by molar-refractivity contribution is 7.98. The van der Waals surface area contributed by atoms with Crippen molar-refractivity contribution >= 4 is 29.3 Å². The normalized spacial score (nSPS) is 11.5. The van der Waals surface area contributed by atoms with E-state index in [1.807, 2.05) is 6.26 Å². The number of alkyl halides is 3. The maximum Gasteiger partial charge on any atom is 0.406 e. The van der Waals surface area contributed by atoms with E-state index >= 15 is 0 Å². The average Bonchev–Trinajstić information content (AvgIpc) is 2.34. The van der Waals surface area contributed by atoms with Crippen LogP contribution in [-0.4, -0.2) is 36.3 Å². The van der Waals surface area contributed by atoms with E-state index in [1.54, 1.807) is 6.07 Å². The van der Waals surface area contributed by atoms with Crippen molar-refractivity contribution in [1.82, 2.24) is 4.90 Å². The minimum absolute atomic E-state index is 0.0296. The molecule has 0 heterocycles. The van der Waals surface area contributed by atoms with Crippen LogP contribution in [0.5, 0.6) is 0 Å². The first kappa shape index (κ1) is 16.2. The van der Waals surface area contributed by atoms with E-state index in [4.69, 9.17) is 11.6 Å². The number of carbonyl (C=O) groups is 1. The molecule has 0 saturated heterocycles. The smallest absolute Gasteiger partial charge is 0.330 e. The van der Waals surface area contributed by atoms with E-state index < -0.39 is 18.6 Å². The van der Waals surface area contributed by atoms with Gasteiger partial charge in [-0.15, -0.1) is 11.8 Å². The van der Waals surface area contributed by atoms with Gasteiger partial charge in [-0.05, 0) is 31.4 Å². The molecular weight excluding hydrogens is 299 g/mol. The van der Waals surface area contributed by atoms with Crippen molar-refractivity contribution in [3.63, 3.8) is 0 Å². The number of nitrogens with zero attached hydrogens (tertiary/aromatic N) is 1. The number of amides is 1. The van der Waals surface area contributed by atoms with Crippen LogP contribution in [-0.2, 0) is 0 Å². The van der Waals surface area contributed by atoms with Gasteiger partial charge in [0.2, 0.25) is 0 Å². The average molecular weight is 312 g/mol. The third kappa shape index (κ3) is 4.62. The monoisotopic (exact) mass is 311 g/mol. The third-order valence-corrected chi connectivity index (χ3v) is 3.50. The van der Waals surface area contributed by atoms with Crippen LogP contribution in [0.2, 0.25) is 5.02 Å². The first-order chi connectivity index (χ1) is 8.78. The SMILES string of the molecule is CCN(CC(F)(F)F)C(=O)c1cc(SC)ccc1Cl. The summed E-state index contributed by atoms with van der Waals surface area (Å²) in [6, 6.07) is 4.74. The minimum Gasteiger partial charge on any atom is -0.330 e. The summed E-state index contributed by atoms with van der Waals surface area (Å²) in [6.45, 7) is 0.191. The van der Waals surface area contributed by atoms with Gasteiger partial charge >= 0.3 is 6.18 Å². The molecule has 1 aromatic carbocycles. The maximum absolute atomic E-state index is 12.4. The van der Waals surface area contributed by atoms with E-state index in [0.29, 0.717) is 0 Å². The second-order valence-corrected chi connectivity index (χ2v) is 5.07. The zero-order chi connectivity index (χ0) is 14.6. The van der Waals surface area contributed by atoms with Gasteiger partial charge in [-0.3, -0.25) is 4.79 Å². The first-order valence-electron chi connectivity index (χ1n) is 5.48. The van der Waals surface area contributed by atoms with Gasteiger partial charge in [-0.25, -0.2) is 0 Å². The van der Waals surface area contributed by atoms with Crippen molar-refractivity contribution in [2.24, 2.45) is 0 Å². The molecule has 0 aliphatic heterocycles. The van der Waals surface area contributed by atoms with Gasteiger partial charge in [0.25, 0.3) is 5.91 Å². The van der Waals surface area contributed by atoms with Crippen LogP contribution in [0.25, 0.3) is 0 Å². The number of carbonyl (C=O) groups excluding carboxylic acids is 1. The lowest BCUT2D eigenvalue weighted by atomic mass is 10.2. The molecule has 0 N–H and O–H groups in total. The summed E-state index contributed by atoms with van der Waals surface area (Å²) in [5, 5.41) is 0.156. The fraction of sp³-hybridized carbons (Fsp3) is 0.417. The zero-order valence-electron chi connectivity index (χ0n) is 10.4. The molecule has 0 aromatic heterocycles. The Labute approximate surface area is 118 Å². The number of benzene rings is 1. The second kappa shape index (κ2) is 6.52. The second-order valence-electron chi connectivity index (χ2n) is 3.78. The Morgan fingerprint density at radius 3 is 2.53 bits per heavy atom. The molecule has 0 unspecified atom stereocenters. The Kier molecular flexibility index (Phi) is 5.55. The number of thioether (sulfide) groups is 1. The topological polar surface area (TPSA) is 20.3 Å². The maximum atomic E-state index is 12.4. The fourth-order valence-electron chi connectivity index (χ4n) is 1.51. The van der Waals surface area contributed by atoms with E-state index in [-0.39, 0.29) is 17.1 Å². The first-order valence-corrected chi connectivity index (χ1v) is 7.08. The van der Waals surface area contributed by atoms with Crippen molar-refractivity contribution < 1.29 is 18.0 Å². The van der Waals surface area contributed by atoms with E-state index in [9.17, 15) is 18.0 Å². The molecule has 0 spiro atoms. The molecule has 7 heteroatoms. The Balaban J connectivity index is 3.03. The summed E-state index contributed by atoms with van der Waals surface area (Å²) in [7, 11) is 0. The number of halogens is 4. The van der Waals surface area contributed by atoms with Crippen molar-refractivity contribution in [3.05, 3.63) is 28.8 Å². The number of hydrogen-bond donors (Lipinski definition) is 0. The summed E-state index contributed by atoms with van der Waals surface area (Å²) in [4.78, 5) is 13.6. The quantitative estimate of drug-likeness (QED) is 0.781. The van der Waals surface area contributed by atoms with Crippen LogP contribution in [0.15, 0.2) is 23.1 Å². The Bertz CT molecular complexity index is 465. The minimum atomic E-state index is -4.42. The standard InChI is InChI=1S/C12H13ClF3NOS/c1-3-17(7-12(14,15)16)11(18)9-6-8(19-2)4-5-10(9)13/h4-6H,3,7H2,1-2H3. The van der Waals surface area contributed by atoms with Crippen LogP contribution in [0.1, 0.15) is 17.3 Å². The van der Waals surface area contributed by atoms with Crippen molar-refractivity contribution in [2.45, 2.75) is 18.0 Å². The fourth-order valence-corrected chi connectivity index (χ4v) is 2.15. The van der Waals surface area contributed by atoms with Crippen molar-refractivity contribution in [2.75, 3.05) is 19.3 Å². The molecule has 0 saturated carbocycles. The summed E-state index contributed by atoms with van der Waals surface area (Å²) in [6.07, 6.45) is -2.61.